The van der Waals surface area contributed by atoms with Crippen molar-refractivity contribution in [1.82, 2.24) is 9.55 Å². The van der Waals surface area contributed by atoms with Gasteiger partial charge in [0.15, 0.2) is 5.03 Å². The fourth-order valence-corrected chi connectivity index (χ4v) is 3.43. The zero-order chi connectivity index (χ0) is 14.8. The van der Waals surface area contributed by atoms with Crippen LogP contribution in [0.25, 0.3) is 0 Å². The molecular weight excluding hydrogens is 276 g/mol. The normalized spacial score (nSPS) is 11.5. The van der Waals surface area contributed by atoms with Crippen LogP contribution in [0.3, 0.4) is 0 Å². The van der Waals surface area contributed by atoms with Crippen molar-refractivity contribution in [3.63, 3.8) is 0 Å². The Labute approximate surface area is 118 Å². The first-order valence-electron chi connectivity index (χ1n) is 6.31. The van der Waals surface area contributed by atoms with Crippen LogP contribution in [0.1, 0.15) is 13.3 Å². The van der Waals surface area contributed by atoms with Crippen molar-refractivity contribution in [2.75, 3.05) is 16.6 Å². The number of sulfonamides is 1. The first kappa shape index (κ1) is 14.4. The van der Waals surface area contributed by atoms with E-state index in [4.69, 9.17) is 5.73 Å². The van der Waals surface area contributed by atoms with Crippen molar-refractivity contribution in [3.8, 4) is 0 Å². The quantitative estimate of drug-likeness (QED) is 0.849. The molecule has 2 rings (SSSR count). The molecule has 6 nitrogen and oxygen atoms in total. The minimum absolute atomic E-state index is 0.0378. The predicted octanol–water partition coefficient (Wildman–Crippen LogP) is 1.61. The van der Waals surface area contributed by atoms with E-state index in [0.29, 0.717) is 24.3 Å². The van der Waals surface area contributed by atoms with Gasteiger partial charge in [-0.1, -0.05) is 13.0 Å². The number of nitrogens with two attached hydrogens (primary N) is 1. The Hall–Kier alpha value is -2.02. The standard InChI is InChI=1S/C13H18N4O2S/c1-3-7-17(12-6-4-5-11(14)8-12)20(18,19)13-9-16(2)10-15-13/h4-6,8-10H,3,7,14H2,1-2H3. The fraction of sp³-hybridized carbons (Fsp3) is 0.308. The smallest absolute Gasteiger partial charge is 0.283 e. The summed E-state index contributed by atoms with van der Waals surface area (Å²) < 4.78 is 28.3. The number of benzene rings is 1. The van der Waals surface area contributed by atoms with Crippen LogP contribution in [0.2, 0.25) is 0 Å². The molecule has 1 heterocycles. The molecule has 0 bridgehead atoms. The Balaban J connectivity index is 2.48. The third-order valence-electron chi connectivity index (χ3n) is 2.82. The second kappa shape index (κ2) is 5.54. The van der Waals surface area contributed by atoms with E-state index in [2.05, 4.69) is 4.98 Å². The van der Waals surface area contributed by atoms with Crippen LogP contribution < -0.4 is 10.0 Å². The van der Waals surface area contributed by atoms with Crippen LogP contribution in [0.15, 0.2) is 41.8 Å². The Kier molecular flexibility index (Phi) is 3.99. The number of aromatic nitrogens is 2. The number of hydrogen-bond acceptors (Lipinski definition) is 4. The van der Waals surface area contributed by atoms with Gasteiger partial charge < -0.3 is 10.3 Å². The lowest BCUT2D eigenvalue weighted by atomic mass is 10.3. The third-order valence-corrected chi connectivity index (χ3v) is 4.53. The summed E-state index contributed by atoms with van der Waals surface area (Å²) in [4.78, 5) is 3.94. The fourth-order valence-electron chi connectivity index (χ4n) is 1.91. The van der Waals surface area contributed by atoms with Gasteiger partial charge >= 0.3 is 0 Å². The SMILES string of the molecule is CCCN(c1cccc(N)c1)S(=O)(=O)c1cn(C)cn1. The lowest BCUT2D eigenvalue weighted by molar-refractivity contribution is 0.587. The molecule has 0 aliphatic carbocycles. The van der Waals surface area contributed by atoms with Gasteiger partial charge in [0.05, 0.1) is 12.0 Å². The highest BCUT2D eigenvalue weighted by Crippen LogP contribution is 2.24. The maximum atomic E-state index is 12.7. The van der Waals surface area contributed by atoms with E-state index in [9.17, 15) is 8.42 Å². The van der Waals surface area contributed by atoms with Crippen LogP contribution in [-0.2, 0) is 17.1 Å². The first-order valence-corrected chi connectivity index (χ1v) is 7.75. The summed E-state index contributed by atoms with van der Waals surface area (Å²) in [6.07, 6.45) is 3.65. The zero-order valence-electron chi connectivity index (χ0n) is 11.5. The minimum Gasteiger partial charge on any atom is -0.399 e. The van der Waals surface area contributed by atoms with Crippen LogP contribution in [0, 0.1) is 0 Å². The van der Waals surface area contributed by atoms with Crippen LogP contribution in [0.4, 0.5) is 11.4 Å². The van der Waals surface area contributed by atoms with Gasteiger partial charge in [0.25, 0.3) is 10.0 Å². The molecule has 2 aromatic rings. The summed E-state index contributed by atoms with van der Waals surface area (Å²) in [5, 5.41) is 0.0378. The molecule has 0 aliphatic heterocycles. The topological polar surface area (TPSA) is 81.2 Å². The molecule has 0 spiro atoms. The van der Waals surface area contributed by atoms with Crippen LogP contribution in [0.5, 0.6) is 0 Å². The van der Waals surface area contributed by atoms with Crippen molar-refractivity contribution in [1.29, 1.82) is 0 Å². The second-order valence-electron chi connectivity index (χ2n) is 4.55. The molecule has 1 aromatic carbocycles. The molecule has 7 heteroatoms. The molecule has 0 aliphatic rings. The van der Waals surface area contributed by atoms with Crippen LogP contribution >= 0.6 is 0 Å². The van der Waals surface area contributed by atoms with Gasteiger partial charge in [-0.25, -0.2) is 4.98 Å². The van der Waals surface area contributed by atoms with Gasteiger partial charge in [-0.3, -0.25) is 4.31 Å². The predicted molar refractivity (Wildman–Crippen MR) is 78.9 cm³/mol. The van der Waals surface area contributed by atoms with E-state index in [0.717, 1.165) is 0 Å². The molecule has 0 saturated carbocycles. The number of nitrogens with zero attached hydrogens (tertiary/aromatic N) is 3. The number of aryl methyl sites for hydroxylation is 1. The Morgan fingerprint density at radius 3 is 2.70 bits per heavy atom. The molecule has 0 fully saturated rings. The molecular formula is C13H18N4O2S. The van der Waals surface area contributed by atoms with E-state index in [1.165, 1.54) is 16.8 Å². The Morgan fingerprint density at radius 1 is 1.40 bits per heavy atom. The van der Waals surface area contributed by atoms with Gasteiger partial charge in [-0.15, -0.1) is 0 Å². The van der Waals surface area contributed by atoms with Gasteiger partial charge in [0, 0.05) is 25.5 Å². The summed E-state index contributed by atoms with van der Waals surface area (Å²) in [5.74, 6) is 0. The Morgan fingerprint density at radius 2 is 2.15 bits per heavy atom. The third kappa shape index (κ3) is 2.77. The van der Waals surface area contributed by atoms with Gasteiger partial charge in [-0.05, 0) is 24.6 Å². The molecule has 0 radical (unpaired) electrons. The van der Waals surface area contributed by atoms with Gasteiger partial charge in [-0.2, -0.15) is 8.42 Å². The van der Waals surface area contributed by atoms with Crippen molar-refractivity contribution < 1.29 is 8.42 Å². The first-order chi connectivity index (χ1) is 9.45. The average molecular weight is 294 g/mol. The van der Waals surface area contributed by atoms with Gasteiger partial charge in [0.2, 0.25) is 0 Å². The summed E-state index contributed by atoms with van der Waals surface area (Å²) in [6.45, 7) is 2.30. The van der Waals surface area contributed by atoms with E-state index < -0.39 is 10.0 Å². The number of nitrogen functional groups attached to an aromatic ring is 1. The summed E-state index contributed by atoms with van der Waals surface area (Å²) in [7, 11) is -1.93. The molecule has 20 heavy (non-hydrogen) atoms. The Bertz CT molecular complexity index is 694. The molecule has 108 valence electrons. The number of imidazole rings is 1. The highest BCUT2D eigenvalue weighted by Gasteiger charge is 2.26. The highest BCUT2D eigenvalue weighted by atomic mass is 32.2. The average Bonchev–Trinajstić information content (AvgIpc) is 2.83. The maximum Gasteiger partial charge on any atom is 0.283 e. The van der Waals surface area contributed by atoms with Crippen molar-refractivity contribution >= 4 is 21.4 Å². The number of rotatable bonds is 5. The van der Waals surface area contributed by atoms with E-state index >= 15 is 0 Å². The molecule has 0 amide bonds. The van der Waals surface area contributed by atoms with E-state index in [1.54, 1.807) is 35.9 Å². The number of hydrogen-bond donors (Lipinski definition) is 1. The minimum atomic E-state index is -3.67. The number of anilines is 2. The molecule has 1 aromatic heterocycles. The largest absolute Gasteiger partial charge is 0.399 e. The van der Waals surface area contributed by atoms with Crippen LogP contribution in [-0.4, -0.2) is 24.5 Å². The summed E-state index contributed by atoms with van der Waals surface area (Å²) in [5.41, 5.74) is 6.82. The van der Waals surface area contributed by atoms with E-state index in [1.807, 2.05) is 6.92 Å². The summed E-state index contributed by atoms with van der Waals surface area (Å²) >= 11 is 0. The summed E-state index contributed by atoms with van der Waals surface area (Å²) in [6, 6.07) is 6.84. The maximum absolute atomic E-state index is 12.7. The second-order valence-corrected chi connectivity index (χ2v) is 6.36. The van der Waals surface area contributed by atoms with Crippen molar-refractivity contribution in [3.05, 3.63) is 36.8 Å². The molecule has 0 saturated heterocycles. The van der Waals surface area contributed by atoms with Crippen molar-refractivity contribution in [2.24, 2.45) is 7.05 Å². The highest BCUT2D eigenvalue weighted by molar-refractivity contribution is 7.92. The lowest BCUT2D eigenvalue weighted by Gasteiger charge is -2.23. The van der Waals surface area contributed by atoms with Gasteiger partial charge in [0.1, 0.15) is 0 Å². The van der Waals surface area contributed by atoms with E-state index in [-0.39, 0.29) is 5.03 Å². The molecule has 2 N–H and O–H groups in total. The zero-order valence-corrected chi connectivity index (χ0v) is 12.3. The molecule has 0 unspecified atom stereocenters. The van der Waals surface area contributed by atoms with Crippen molar-refractivity contribution in [2.45, 2.75) is 18.4 Å². The monoisotopic (exact) mass is 294 g/mol. The lowest BCUT2D eigenvalue weighted by Crippen LogP contribution is -2.32. The molecule has 0 atom stereocenters.